The van der Waals surface area contributed by atoms with Crippen LogP contribution in [-0.4, -0.2) is 21.6 Å². The van der Waals surface area contributed by atoms with Gasteiger partial charge in [0, 0.05) is 17.2 Å². The van der Waals surface area contributed by atoms with Gasteiger partial charge in [-0.2, -0.15) is 0 Å². The van der Waals surface area contributed by atoms with Gasteiger partial charge in [0.25, 0.3) is 5.91 Å². The summed E-state index contributed by atoms with van der Waals surface area (Å²) in [6.45, 7) is 2.59. The number of aryl methyl sites for hydroxylation is 1. The Kier molecular flexibility index (Phi) is 4.24. The summed E-state index contributed by atoms with van der Waals surface area (Å²) in [6, 6.07) is 8.20. The van der Waals surface area contributed by atoms with Crippen LogP contribution in [0.5, 0.6) is 0 Å². The molecule has 5 nitrogen and oxygen atoms in total. The van der Waals surface area contributed by atoms with Crippen LogP contribution in [0, 0.1) is 0 Å². The zero-order valence-corrected chi connectivity index (χ0v) is 12.3. The van der Waals surface area contributed by atoms with Crippen LogP contribution in [0.1, 0.15) is 27.8 Å². The molecule has 0 saturated carbocycles. The third-order valence-electron chi connectivity index (χ3n) is 2.89. The molecule has 0 aliphatic heterocycles. The van der Waals surface area contributed by atoms with Gasteiger partial charge in [-0.25, -0.2) is 4.79 Å². The number of para-hydroxylation sites is 1. The number of carboxylic acid groups (broad SMARTS) is 1. The Morgan fingerprint density at radius 1 is 1.30 bits per heavy atom. The number of aromatic carboxylic acids is 1. The number of nitrogens with one attached hydrogen (secondary N) is 1. The van der Waals surface area contributed by atoms with E-state index in [1.54, 1.807) is 35.0 Å². The fraction of sp³-hybridized carbons (Fsp3) is 0.143. The fourth-order valence-corrected chi connectivity index (χ4v) is 2.37. The van der Waals surface area contributed by atoms with E-state index in [4.69, 9.17) is 5.11 Å². The lowest BCUT2D eigenvalue weighted by Gasteiger charge is -2.11. The molecular weight excluding hydrogens is 324 g/mol. The predicted molar refractivity (Wildman–Crippen MR) is 79.2 cm³/mol. The smallest absolute Gasteiger partial charge is 0.337 e. The lowest BCUT2D eigenvalue weighted by molar-refractivity contribution is 0.0698. The van der Waals surface area contributed by atoms with Gasteiger partial charge in [0.05, 0.1) is 11.3 Å². The molecule has 2 rings (SSSR count). The number of nitrogens with zero attached hydrogens (tertiary/aromatic N) is 1. The van der Waals surface area contributed by atoms with E-state index in [1.807, 2.05) is 6.92 Å². The third-order valence-corrected chi connectivity index (χ3v) is 3.55. The van der Waals surface area contributed by atoms with Crippen molar-refractivity contribution < 1.29 is 14.7 Å². The first kappa shape index (κ1) is 14.3. The van der Waals surface area contributed by atoms with Crippen molar-refractivity contribution in [3.63, 3.8) is 0 Å². The SMILES string of the molecule is CCn1cccc1C(=O)Nc1c(Br)cccc1C(=O)O. The van der Waals surface area contributed by atoms with E-state index < -0.39 is 5.97 Å². The molecule has 20 heavy (non-hydrogen) atoms. The highest BCUT2D eigenvalue weighted by Gasteiger charge is 2.17. The second-order valence-electron chi connectivity index (χ2n) is 4.10. The topological polar surface area (TPSA) is 71.3 Å². The predicted octanol–water partition coefficient (Wildman–Crippen LogP) is 3.22. The summed E-state index contributed by atoms with van der Waals surface area (Å²) < 4.78 is 2.31. The molecular formula is C14H13BrN2O3. The van der Waals surface area contributed by atoms with Gasteiger partial charge in [0.2, 0.25) is 0 Å². The molecule has 0 unspecified atom stereocenters. The van der Waals surface area contributed by atoms with E-state index >= 15 is 0 Å². The molecule has 0 saturated heterocycles. The van der Waals surface area contributed by atoms with Gasteiger partial charge in [-0.15, -0.1) is 0 Å². The summed E-state index contributed by atoms with van der Waals surface area (Å²) in [4.78, 5) is 23.4. The van der Waals surface area contributed by atoms with Crippen LogP contribution >= 0.6 is 15.9 Å². The van der Waals surface area contributed by atoms with E-state index in [2.05, 4.69) is 21.2 Å². The quantitative estimate of drug-likeness (QED) is 0.900. The molecule has 1 amide bonds. The van der Waals surface area contributed by atoms with Gasteiger partial charge in [0.1, 0.15) is 5.69 Å². The third kappa shape index (κ3) is 2.75. The molecule has 2 N–H and O–H groups in total. The molecule has 0 fully saturated rings. The zero-order valence-electron chi connectivity index (χ0n) is 10.8. The molecule has 0 atom stereocenters. The Morgan fingerprint density at radius 2 is 2.05 bits per heavy atom. The summed E-state index contributed by atoms with van der Waals surface area (Å²) in [5.74, 6) is -1.43. The Bertz CT molecular complexity index is 664. The first-order valence-electron chi connectivity index (χ1n) is 6.03. The highest BCUT2D eigenvalue weighted by Crippen LogP contribution is 2.27. The van der Waals surface area contributed by atoms with Crippen LogP contribution in [0.3, 0.4) is 0 Å². The average molecular weight is 337 g/mol. The number of benzene rings is 1. The van der Waals surface area contributed by atoms with Crippen molar-refractivity contribution in [3.05, 3.63) is 52.3 Å². The molecule has 0 aliphatic carbocycles. The molecule has 1 heterocycles. The number of carbonyl (C=O) groups excluding carboxylic acids is 1. The van der Waals surface area contributed by atoms with Gasteiger partial charge in [-0.3, -0.25) is 4.79 Å². The molecule has 6 heteroatoms. The van der Waals surface area contributed by atoms with Crippen LogP contribution in [0.2, 0.25) is 0 Å². The standard InChI is InChI=1S/C14H13BrN2O3/c1-2-17-8-4-7-11(17)13(18)16-12-9(14(19)20)5-3-6-10(12)15/h3-8H,2H2,1H3,(H,16,18)(H,19,20). The molecule has 1 aromatic carbocycles. The highest BCUT2D eigenvalue weighted by atomic mass is 79.9. The van der Waals surface area contributed by atoms with Gasteiger partial charge < -0.3 is 15.0 Å². The number of halogens is 1. The van der Waals surface area contributed by atoms with Crippen LogP contribution in [0.25, 0.3) is 0 Å². The van der Waals surface area contributed by atoms with Crippen LogP contribution in [0.15, 0.2) is 41.0 Å². The van der Waals surface area contributed by atoms with Gasteiger partial charge in [0.15, 0.2) is 0 Å². The maximum absolute atomic E-state index is 12.2. The average Bonchev–Trinajstić information content (AvgIpc) is 2.89. The van der Waals surface area contributed by atoms with Gasteiger partial charge in [-0.05, 0) is 47.1 Å². The maximum Gasteiger partial charge on any atom is 0.337 e. The summed E-state index contributed by atoms with van der Waals surface area (Å²) in [5.41, 5.74) is 0.788. The number of carbonyl (C=O) groups is 2. The van der Waals surface area contributed by atoms with Crippen molar-refractivity contribution in [3.8, 4) is 0 Å². The number of anilines is 1. The van der Waals surface area contributed by atoms with E-state index in [1.165, 1.54) is 6.07 Å². The van der Waals surface area contributed by atoms with Crippen molar-refractivity contribution in [2.24, 2.45) is 0 Å². The number of amides is 1. The Morgan fingerprint density at radius 3 is 2.70 bits per heavy atom. The second kappa shape index (κ2) is 5.92. The van der Waals surface area contributed by atoms with E-state index in [9.17, 15) is 9.59 Å². The number of rotatable bonds is 4. The molecule has 0 bridgehead atoms. The zero-order chi connectivity index (χ0) is 14.7. The largest absolute Gasteiger partial charge is 0.478 e. The minimum absolute atomic E-state index is 0.0438. The summed E-state index contributed by atoms with van der Waals surface area (Å²) in [6.07, 6.45) is 1.80. The number of hydrogen-bond donors (Lipinski definition) is 2. The van der Waals surface area contributed by atoms with Crippen molar-refractivity contribution in [1.29, 1.82) is 0 Å². The lowest BCUT2D eigenvalue weighted by atomic mass is 10.1. The highest BCUT2D eigenvalue weighted by molar-refractivity contribution is 9.10. The maximum atomic E-state index is 12.2. The Hall–Kier alpha value is -2.08. The summed E-state index contributed by atoms with van der Waals surface area (Å²) in [5, 5.41) is 11.8. The van der Waals surface area contributed by atoms with E-state index in [-0.39, 0.29) is 17.2 Å². The molecule has 2 aromatic rings. The molecule has 0 spiro atoms. The molecule has 0 aliphatic rings. The van der Waals surface area contributed by atoms with Crippen molar-refractivity contribution in [2.45, 2.75) is 13.5 Å². The Balaban J connectivity index is 2.35. The normalized spacial score (nSPS) is 10.3. The molecule has 1 aromatic heterocycles. The van der Waals surface area contributed by atoms with Crippen molar-refractivity contribution in [1.82, 2.24) is 4.57 Å². The van der Waals surface area contributed by atoms with Crippen LogP contribution in [-0.2, 0) is 6.54 Å². The monoisotopic (exact) mass is 336 g/mol. The number of aromatic nitrogens is 1. The first-order valence-corrected chi connectivity index (χ1v) is 6.82. The summed E-state index contributed by atoms with van der Waals surface area (Å²) >= 11 is 3.26. The molecule has 0 radical (unpaired) electrons. The van der Waals surface area contributed by atoms with Gasteiger partial charge in [-0.1, -0.05) is 6.07 Å². The van der Waals surface area contributed by atoms with E-state index in [0.29, 0.717) is 16.7 Å². The Labute approximate surface area is 124 Å². The lowest BCUT2D eigenvalue weighted by Crippen LogP contribution is -2.18. The fourth-order valence-electron chi connectivity index (χ4n) is 1.90. The molecule has 104 valence electrons. The second-order valence-corrected chi connectivity index (χ2v) is 4.96. The minimum atomic E-state index is -1.09. The number of hydrogen-bond acceptors (Lipinski definition) is 2. The first-order chi connectivity index (χ1) is 9.54. The number of carboxylic acids is 1. The van der Waals surface area contributed by atoms with Crippen molar-refractivity contribution >= 4 is 33.5 Å². The van der Waals surface area contributed by atoms with Crippen LogP contribution < -0.4 is 5.32 Å². The van der Waals surface area contributed by atoms with Crippen LogP contribution in [0.4, 0.5) is 5.69 Å². The summed E-state index contributed by atoms with van der Waals surface area (Å²) in [7, 11) is 0. The van der Waals surface area contributed by atoms with Gasteiger partial charge >= 0.3 is 5.97 Å². The van der Waals surface area contributed by atoms with E-state index in [0.717, 1.165) is 0 Å². The minimum Gasteiger partial charge on any atom is -0.478 e. The van der Waals surface area contributed by atoms with Crippen molar-refractivity contribution in [2.75, 3.05) is 5.32 Å².